The molecule has 0 unspecified atom stereocenters. The molecule has 1 aromatic rings. The van der Waals surface area contributed by atoms with Crippen molar-refractivity contribution in [3.05, 3.63) is 35.4 Å². The highest BCUT2D eigenvalue weighted by molar-refractivity contribution is 6.16. The van der Waals surface area contributed by atoms with E-state index in [0.717, 1.165) is 6.08 Å². The van der Waals surface area contributed by atoms with Crippen LogP contribution in [-0.2, 0) is 9.59 Å². The summed E-state index contributed by atoms with van der Waals surface area (Å²) in [4.78, 5) is 21.3. The highest BCUT2D eigenvalue weighted by Gasteiger charge is 2.15. The van der Waals surface area contributed by atoms with Gasteiger partial charge in [-0.3, -0.25) is 0 Å². The predicted octanol–water partition coefficient (Wildman–Crippen LogP) is 0.610. The lowest BCUT2D eigenvalue weighted by Gasteiger charge is -2.04. The second kappa shape index (κ2) is 6.41. The number of ether oxygens (including phenoxy) is 1. The zero-order chi connectivity index (χ0) is 13.5. The van der Waals surface area contributed by atoms with E-state index in [1.807, 2.05) is 0 Å². The third-order valence-corrected chi connectivity index (χ3v) is 2.01. The Morgan fingerprint density at radius 3 is 2.11 bits per heavy atom. The topological polar surface area (TPSA) is 104 Å². The van der Waals surface area contributed by atoms with Crippen molar-refractivity contribution in [2.75, 3.05) is 13.2 Å². The van der Waals surface area contributed by atoms with E-state index in [1.165, 1.54) is 12.1 Å². The SMILES string of the molecule is O=C(O)C(=Cc1ccc(OCCO)cc1)C(=O)O. The largest absolute Gasteiger partial charge is 0.491 e. The third kappa shape index (κ3) is 3.91. The van der Waals surface area contributed by atoms with Crippen LogP contribution in [-0.4, -0.2) is 40.5 Å². The number of benzene rings is 1. The molecule has 0 amide bonds. The second-order valence-electron chi connectivity index (χ2n) is 3.31. The molecule has 6 heteroatoms. The molecule has 0 aliphatic rings. The van der Waals surface area contributed by atoms with Crippen LogP contribution >= 0.6 is 0 Å². The van der Waals surface area contributed by atoms with Crippen LogP contribution in [0.3, 0.4) is 0 Å². The molecule has 0 aliphatic heterocycles. The predicted molar refractivity (Wildman–Crippen MR) is 62.3 cm³/mol. The summed E-state index contributed by atoms with van der Waals surface area (Å²) in [6.45, 7) is 0.0501. The van der Waals surface area contributed by atoms with Crippen LogP contribution in [0.15, 0.2) is 29.8 Å². The molecule has 96 valence electrons. The minimum absolute atomic E-state index is 0.107. The minimum Gasteiger partial charge on any atom is -0.491 e. The number of hydrogen-bond donors (Lipinski definition) is 3. The first-order valence-corrected chi connectivity index (χ1v) is 5.06. The number of carboxylic acids is 2. The van der Waals surface area contributed by atoms with Gasteiger partial charge in [0.15, 0.2) is 0 Å². The molecule has 0 radical (unpaired) electrons. The van der Waals surface area contributed by atoms with Gasteiger partial charge in [0, 0.05) is 0 Å². The van der Waals surface area contributed by atoms with Crippen LogP contribution in [0, 0.1) is 0 Å². The number of rotatable bonds is 6. The average molecular weight is 252 g/mol. The molecule has 3 N–H and O–H groups in total. The fraction of sp³-hybridized carbons (Fsp3) is 0.167. The molecule has 0 aliphatic carbocycles. The molecule has 1 rings (SSSR count). The Bertz CT molecular complexity index is 444. The molecule has 0 saturated carbocycles. The van der Waals surface area contributed by atoms with E-state index in [4.69, 9.17) is 20.1 Å². The molecule has 6 nitrogen and oxygen atoms in total. The van der Waals surface area contributed by atoms with E-state index in [9.17, 15) is 9.59 Å². The van der Waals surface area contributed by atoms with Crippen LogP contribution in [0.25, 0.3) is 6.08 Å². The Balaban J connectivity index is 2.87. The van der Waals surface area contributed by atoms with Gasteiger partial charge in [-0.25, -0.2) is 9.59 Å². The number of aliphatic hydroxyl groups is 1. The van der Waals surface area contributed by atoms with Gasteiger partial charge in [-0.15, -0.1) is 0 Å². The molecule has 0 spiro atoms. The standard InChI is InChI=1S/C12H12O6/c13-5-6-18-9-3-1-8(2-4-9)7-10(11(14)15)12(16)17/h1-4,7,13H,5-6H2,(H,14,15)(H,16,17). The molecule has 0 atom stereocenters. The third-order valence-electron chi connectivity index (χ3n) is 2.01. The number of hydrogen-bond acceptors (Lipinski definition) is 4. The Hall–Kier alpha value is -2.34. The van der Waals surface area contributed by atoms with E-state index >= 15 is 0 Å². The smallest absolute Gasteiger partial charge is 0.343 e. The first kappa shape index (κ1) is 13.7. The van der Waals surface area contributed by atoms with Crippen molar-refractivity contribution in [3.8, 4) is 5.75 Å². The van der Waals surface area contributed by atoms with Gasteiger partial charge in [0.1, 0.15) is 17.9 Å². The fourth-order valence-corrected chi connectivity index (χ4v) is 1.21. The fourth-order valence-electron chi connectivity index (χ4n) is 1.21. The molecule has 0 fully saturated rings. The number of carbonyl (C=O) groups is 2. The highest BCUT2D eigenvalue weighted by Crippen LogP contribution is 2.14. The first-order chi connectivity index (χ1) is 8.54. The van der Waals surface area contributed by atoms with Crippen LogP contribution in [0.1, 0.15) is 5.56 Å². The van der Waals surface area contributed by atoms with E-state index in [0.29, 0.717) is 11.3 Å². The second-order valence-corrected chi connectivity index (χ2v) is 3.31. The maximum absolute atomic E-state index is 10.7. The normalized spacial score (nSPS) is 9.61. The molecule has 0 saturated heterocycles. The monoisotopic (exact) mass is 252 g/mol. The first-order valence-electron chi connectivity index (χ1n) is 5.06. The molecule has 1 aromatic carbocycles. The maximum Gasteiger partial charge on any atom is 0.343 e. The summed E-state index contributed by atoms with van der Waals surface area (Å²) in [6.07, 6.45) is 1.06. The number of aliphatic hydroxyl groups excluding tert-OH is 1. The van der Waals surface area contributed by atoms with Gasteiger partial charge in [0.25, 0.3) is 0 Å². The van der Waals surface area contributed by atoms with E-state index < -0.39 is 17.5 Å². The molecule has 0 aromatic heterocycles. The maximum atomic E-state index is 10.7. The summed E-state index contributed by atoms with van der Waals surface area (Å²) in [6, 6.07) is 6.17. The quantitative estimate of drug-likeness (QED) is 0.389. The molecule has 18 heavy (non-hydrogen) atoms. The number of aliphatic carboxylic acids is 2. The van der Waals surface area contributed by atoms with Gasteiger partial charge in [0.2, 0.25) is 0 Å². The average Bonchev–Trinajstić information content (AvgIpc) is 2.34. The zero-order valence-corrected chi connectivity index (χ0v) is 9.37. The summed E-state index contributed by atoms with van der Waals surface area (Å²) in [5.74, 6) is -2.49. The lowest BCUT2D eigenvalue weighted by Crippen LogP contribution is -2.10. The molecule has 0 heterocycles. The minimum atomic E-state index is -1.50. The van der Waals surface area contributed by atoms with Crippen molar-refractivity contribution in [2.24, 2.45) is 0 Å². The van der Waals surface area contributed by atoms with E-state index in [2.05, 4.69) is 0 Å². The number of carboxylic acid groups (broad SMARTS) is 2. The van der Waals surface area contributed by atoms with Crippen LogP contribution in [0.5, 0.6) is 5.75 Å². The summed E-state index contributed by atoms with van der Waals surface area (Å²) in [5.41, 5.74) is -0.273. The van der Waals surface area contributed by atoms with Gasteiger partial charge in [-0.05, 0) is 23.8 Å². The Kier molecular flexibility index (Phi) is 4.89. The highest BCUT2D eigenvalue weighted by atomic mass is 16.5. The molecule has 0 bridgehead atoms. The summed E-state index contributed by atoms with van der Waals surface area (Å²) >= 11 is 0. The van der Waals surface area contributed by atoms with Crippen LogP contribution in [0.4, 0.5) is 0 Å². The van der Waals surface area contributed by atoms with Crippen molar-refractivity contribution < 1.29 is 29.6 Å². The van der Waals surface area contributed by atoms with Gasteiger partial charge in [-0.1, -0.05) is 12.1 Å². The van der Waals surface area contributed by atoms with E-state index in [1.54, 1.807) is 12.1 Å². The lowest BCUT2D eigenvalue weighted by molar-refractivity contribution is -0.140. The van der Waals surface area contributed by atoms with Crippen molar-refractivity contribution in [1.82, 2.24) is 0 Å². The van der Waals surface area contributed by atoms with Gasteiger partial charge in [-0.2, -0.15) is 0 Å². The van der Waals surface area contributed by atoms with Crippen molar-refractivity contribution in [1.29, 1.82) is 0 Å². The van der Waals surface area contributed by atoms with Crippen molar-refractivity contribution in [2.45, 2.75) is 0 Å². The zero-order valence-electron chi connectivity index (χ0n) is 9.37. The van der Waals surface area contributed by atoms with Crippen molar-refractivity contribution >= 4 is 18.0 Å². The van der Waals surface area contributed by atoms with Gasteiger partial charge < -0.3 is 20.1 Å². The Labute approximate surface area is 103 Å². The van der Waals surface area contributed by atoms with Crippen molar-refractivity contribution in [3.63, 3.8) is 0 Å². The Morgan fingerprint density at radius 1 is 1.11 bits per heavy atom. The summed E-state index contributed by atoms with van der Waals surface area (Å²) in [5, 5.41) is 25.9. The van der Waals surface area contributed by atoms with E-state index in [-0.39, 0.29) is 13.2 Å². The van der Waals surface area contributed by atoms with Crippen LogP contribution < -0.4 is 4.74 Å². The van der Waals surface area contributed by atoms with Crippen LogP contribution in [0.2, 0.25) is 0 Å². The lowest BCUT2D eigenvalue weighted by atomic mass is 10.1. The molecular formula is C12H12O6. The summed E-state index contributed by atoms with van der Waals surface area (Å²) < 4.78 is 5.11. The summed E-state index contributed by atoms with van der Waals surface area (Å²) in [7, 11) is 0. The van der Waals surface area contributed by atoms with Gasteiger partial charge in [0.05, 0.1) is 6.61 Å². The molecular weight excluding hydrogens is 240 g/mol. The van der Waals surface area contributed by atoms with Gasteiger partial charge >= 0.3 is 11.9 Å². The Morgan fingerprint density at radius 2 is 1.67 bits per heavy atom.